The number of hydrogen-bond donors (Lipinski definition) is 2. The Morgan fingerprint density at radius 3 is 1.06 bits per heavy atom. The molecular formula is C29H26O2. The standard InChI is InChI=1S/C29H26O2/c30-28(24-17-9-3-10-18-24)26(22-13-5-1-6-14-22)21-27(23-15-7-2-8-16-23)29(28,31)25-19-11-4-12-20-25/h1-20,26-27,30-31H,21H2/t26-,27-,28-,29+/m0/s1. The van der Waals surface area contributed by atoms with Crippen LogP contribution in [0.15, 0.2) is 121 Å². The summed E-state index contributed by atoms with van der Waals surface area (Å²) in [5, 5.41) is 25.3. The topological polar surface area (TPSA) is 40.5 Å². The second-order valence-corrected chi connectivity index (χ2v) is 8.43. The first-order chi connectivity index (χ1) is 15.2. The predicted molar refractivity (Wildman–Crippen MR) is 124 cm³/mol. The molecule has 0 radical (unpaired) electrons. The number of benzene rings is 4. The van der Waals surface area contributed by atoms with Crippen LogP contribution in [0.25, 0.3) is 0 Å². The molecule has 0 saturated heterocycles. The molecule has 31 heavy (non-hydrogen) atoms. The second kappa shape index (κ2) is 7.81. The van der Waals surface area contributed by atoms with Crippen LogP contribution in [-0.4, -0.2) is 10.2 Å². The van der Waals surface area contributed by atoms with Gasteiger partial charge in [0.05, 0.1) is 0 Å². The van der Waals surface area contributed by atoms with Gasteiger partial charge in [-0.2, -0.15) is 0 Å². The summed E-state index contributed by atoms with van der Waals surface area (Å²) in [6.07, 6.45) is 0.630. The van der Waals surface area contributed by atoms with Crippen LogP contribution in [0.1, 0.15) is 40.5 Å². The average molecular weight is 407 g/mol. The average Bonchev–Trinajstić information content (AvgIpc) is 3.10. The van der Waals surface area contributed by atoms with Gasteiger partial charge in [0.15, 0.2) is 0 Å². The van der Waals surface area contributed by atoms with Crippen molar-refractivity contribution in [2.45, 2.75) is 29.5 Å². The van der Waals surface area contributed by atoms with E-state index in [1.165, 1.54) is 0 Å². The van der Waals surface area contributed by atoms with Crippen molar-refractivity contribution in [1.29, 1.82) is 0 Å². The minimum absolute atomic E-state index is 0.272. The van der Waals surface area contributed by atoms with Crippen LogP contribution in [0, 0.1) is 0 Å². The molecule has 4 atom stereocenters. The van der Waals surface area contributed by atoms with Crippen LogP contribution in [-0.2, 0) is 11.2 Å². The number of hydrogen-bond acceptors (Lipinski definition) is 2. The fourth-order valence-electron chi connectivity index (χ4n) is 5.46. The Balaban J connectivity index is 1.81. The Bertz CT molecular complexity index is 1040. The highest BCUT2D eigenvalue weighted by Crippen LogP contribution is 2.64. The zero-order valence-electron chi connectivity index (χ0n) is 17.3. The minimum atomic E-state index is -1.50. The van der Waals surface area contributed by atoms with E-state index in [-0.39, 0.29) is 11.8 Å². The van der Waals surface area contributed by atoms with Crippen LogP contribution in [0.4, 0.5) is 0 Å². The zero-order chi connectivity index (χ0) is 21.3. The molecule has 1 aliphatic rings. The van der Waals surface area contributed by atoms with Gasteiger partial charge in [-0.1, -0.05) is 121 Å². The van der Waals surface area contributed by atoms with E-state index in [4.69, 9.17) is 0 Å². The molecule has 0 unspecified atom stereocenters. The SMILES string of the molecule is O[C@]1(c2ccccc2)[C@H](c2ccccc2)C[C@@H](c2ccccc2)[C@@]1(O)c1ccccc1. The number of aliphatic hydroxyl groups is 2. The van der Waals surface area contributed by atoms with E-state index in [9.17, 15) is 10.2 Å². The van der Waals surface area contributed by atoms with Gasteiger partial charge < -0.3 is 10.2 Å². The van der Waals surface area contributed by atoms with Crippen LogP contribution in [0.2, 0.25) is 0 Å². The minimum Gasteiger partial charge on any atom is -0.381 e. The van der Waals surface area contributed by atoms with Crippen LogP contribution >= 0.6 is 0 Å². The monoisotopic (exact) mass is 406 g/mol. The van der Waals surface area contributed by atoms with E-state index in [0.717, 1.165) is 22.3 Å². The summed E-state index contributed by atoms with van der Waals surface area (Å²) in [6.45, 7) is 0. The van der Waals surface area contributed by atoms with E-state index in [1.807, 2.05) is 97.1 Å². The molecule has 2 nitrogen and oxygen atoms in total. The lowest BCUT2D eigenvalue weighted by Crippen LogP contribution is -2.50. The van der Waals surface area contributed by atoms with Gasteiger partial charge in [-0.15, -0.1) is 0 Å². The molecular weight excluding hydrogens is 380 g/mol. The smallest absolute Gasteiger partial charge is 0.130 e. The van der Waals surface area contributed by atoms with Crippen molar-refractivity contribution in [3.05, 3.63) is 144 Å². The molecule has 0 aromatic heterocycles. The molecule has 0 heterocycles. The Hall–Kier alpha value is -3.20. The van der Waals surface area contributed by atoms with Crippen molar-refractivity contribution in [2.75, 3.05) is 0 Å². The van der Waals surface area contributed by atoms with Gasteiger partial charge >= 0.3 is 0 Å². The summed E-state index contributed by atoms with van der Waals surface area (Å²) >= 11 is 0. The molecule has 1 saturated carbocycles. The molecule has 2 heteroatoms. The van der Waals surface area contributed by atoms with Crippen molar-refractivity contribution in [3.8, 4) is 0 Å². The third kappa shape index (κ3) is 3.03. The molecule has 1 aliphatic carbocycles. The van der Waals surface area contributed by atoms with E-state index < -0.39 is 11.2 Å². The summed E-state index contributed by atoms with van der Waals surface area (Å²) in [7, 11) is 0. The highest BCUT2D eigenvalue weighted by molar-refractivity contribution is 5.47. The summed E-state index contributed by atoms with van der Waals surface area (Å²) < 4.78 is 0. The van der Waals surface area contributed by atoms with Gasteiger partial charge in [0, 0.05) is 11.8 Å². The van der Waals surface area contributed by atoms with Crippen LogP contribution in [0.5, 0.6) is 0 Å². The molecule has 0 aliphatic heterocycles. The number of rotatable bonds is 4. The van der Waals surface area contributed by atoms with Crippen molar-refractivity contribution in [3.63, 3.8) is 0 Å². The Morgan fingerprint density at radius 2 is 0.742 bits per heavy atom. The summed E-state index contributed by atoms with van der Waals surface area (Å²) in [5.41, 5.74) is 0.514. The lowest BCUT2D eigenvalue weighted by molar-refractivity contribution is -0.158. The Labute approximate surface area is 183 Å². The highest BCUT2D eigenvalue weighted by atomic mass is 16.4. The first-order valence-corrected chi connectivity index (χ1v) is 10.8. The highest BCUT2D eigenvalue weighted by Gasteiger charge is 2.66. The molecule has 0 spiro atoms. The molecule has 4 aromatic carbocycles. The molecule has 4 aromatic rings. The first kappa shape index (κ1) is 19.7. The largest absolute Gasteiger partial charge is 0.381 e. The van der Waals surface area contributed by atoms with E-state index in [1.54, 1.807) is 0 Å². The fourth-order valence-corrected chi connectivity index (χ4v) is 5.46. The zero-order valence-corrected chi connectivity index (χ0v) is 17.3. The predicted octanol–water partition coefficient (Wildman–Crippen LogP) is 5.73. The maximum atomic E-state index is 12.6. The van der Waals surface area contributed by atoms with Gasteiger partial charge in [0.1, 0.15) is 11.2 Å². The second-order valence-electron chi connectivity index (χ2n) is 8.43. The normalized spacial score (nSPS) is 27.8. The van der Waals surface area contributed by atoms with E-state index in [2.05, 4.69) is 24.3 Å². The molecule has 1 fully saturated rings. The lowest BCUT2D eigenvalue weighted by atomic mass is 9.67. The lowest BCUT2D eigenvalue weighted by Gasteiger charge is -2.44. The van der Waals surface area contributed by atoms with Gasteiger partial charge in [-0.25, -0.2) is 0 Å². The van der Waals surface area contributed by atoms with Crippen molar-refractivity contribution in [1.82, 2.24) is 0 Å². The van der Waals surface area contributed by atoms with Crippen LogP contribution in [0.3, 0.4) is 0 Å². The molecule has 5 rings (SSSR count). The van der Waals surface area contributed by atoms with Gasteiger partial charge in [-0.05, 0) is 28.7 Å². The maximum absolute atomic E-state index is 12.6. The van der Waals surface area contributed by atoms with Crippen molar-refractivity contribution < 1.29 is 10.2 Å². The quantitative estimate of drug-likeness (QED) is 0.454. The van der Waals surface area contributed by atoms with Crippen molar-refractivity contribution in [2.24, 2.45) is 0 Å². The molecule has 0 amide bonds. The first-order valence-electron chi connectivity index (χ1n) is 10.8. The Morgan fingerprint density at radius 1 is 0.452 bits per heavy atom. The molecule has 2 N–H and O–H groups in total. The van der Waals surface area contributed by atoms with E-state index in [0.29, 0.717) is 6.42 Å². The summed E-state index contributed by atoms with van der Waals surface area (Å²) in [4.78, 5) is 0. The van der Waals surface area contributed by atoms with Crippen LogP contribution < -0.4 is 0 Å². The summed E-state index contributed by atoms with van der Waals surface area (Å²) in [6, 6.07) is 39.5. The third-order valence-corrected chi connectivity index (χ3v) is 6.89. The fraction of sp³-hybridized carbons (Fsp3) is 0.172. The Kier molecular flexibility index (Phi) is 4.97. The van der Waals surface area contributed by atoms with E-state index >= 15 is 0 Å². The molecule has 0 bridgehead atoms. The van der Waals surface area contributed by atoms with Gasteiger partial charge in [-0.3, -0.25) is 0 Å². The van der Waals surface area contributed by atoms with Crippen molar-refractivity contribution >= 4 is 0 Å². The third-order valence-electron chi connectivity index (χ3n) is 6.89. The van der Waals surface area contributed by atoms with Gasteiger partial charge in [0.2, 0.25) is 0 Å². The van der Waals surface area contributed by atoms with Gasteiger partial charge in [0.25, 0.3) is 0 Å². The summed E-state index contributed by atoms with van der Waals surface area (Å²) in [5.74, 6) is -0.543. The maximum Gasteiger partial charge on any atom is 0.130 e. The molecule has 154 valence electrons.